The van der Waals surface area contributed by atoms with Crippen LogP contribution in [0.3, 0.4) is 0 Å². The Kier molecular flexibility index (Phi) is 3.70. The summed E-state index contributed by atoms with van der Waals surface area (Å²) in [6.07, 6.45) is 1.74. The molecule has 1 aromatic heterocycles. The van der Waals surface area contributed by atoms with Crippen LogP contribution in [0.25, 0.3) is 10.9 Å². The van der Waals surface area contributed by atoms with Crippen molar-refractivity contribution in [1.82, 2.24) is 10.3 Å². The Bertz CT molecular complexity index is 606. The zero-order valence-electron chi connectivity index (χ0n) is 10.5. The van der Waals surface area contributed by atoms with Gasteiger partial charge in [0.1, 0.15) is 5.92 Å². The molecule has 0 radical (unpaired) electrons. The van der Waals surface area contributed by atoms with Crippen LogP contribution in [0.2, 0.25) is 0 Å². The van der Waals surface area contributed by atoms with Gasteiger partial charge < -0.3 is 20.8 Å². The van der Waals surface area contributed by atoms with Gasteiger partial charge in [0.2, 0.25) is 0 Å². The van der Waals surface area contributed by atoms with Gasteiger partial charge in [-0.2, -0.15) is 0 Å². The number of methoxy groups -OCH3 is 1. The average molecular weight is 261 g/mol. The Balaban J connectivity index is 2.36. The molecule has 2 rings (SSSR count). The molecule has 19 heavy (non-hydrogen) atoms. The molecule has 0 aliphatic carbocycles. The average Bonchev–Trinajstić information content (AvgIpc) is 2.82. The second-order valence-electron chi connectivity index (χ2n) is 4.11. The molecular formula is C13H15N3O3. The van der Waals surface area contributed by atoms with Crippen molar-refractivity contribution in [3.63, 3.8) is 0 Å². The maximum absolute atomic E-state index is 11.8. The molecule has 6 nitrogen and oxygen atoms in total. The van der Waals surface area contributed by atoms with E-state index in [9.17, 15) is 9.59 Å². The van der Waals surface area contributed by atoms with Gasteiger partial charge in [-0.1, -0.05) is 18.2 Å². The van der Waals surface area contributed by atoms with E-state index in [1.54, 1.807) is 6.20 Å². The van der Waals surface area contributed by atoms with E-state index in [0.29, 0.717) is 0 Å². The molecule has 1 aromatic carbocycles. The van der Waals surface area contributed by atoms with Crippen molar-refractivity contribution in [3.05, 3.63) is 36.0 Å². The van der Waals surface area contributed by atoms with Gasteiger partial charge in [-0.05, 0) is 11.6 Å². The van der Waals surface area contributed by atoms with Gasteiger partial charge in [-0.25, -0.2) is 4.79 Å². The summed E-state index contributed by atoms with van der Waals surface area (Å²) in [5.41, 5.74) is 6.73. The third kappa shape index (κ3) is 2.67. The predicted octanol–water partition coefficient (Wildman–Crippen LogP) is 1.09. The first-order valence-electron chi connectivity index (χ1n) is 5.80. The zero-order valence-corrected chi connectivity index (χ0v) is 10.5. The van der Waals surface area contributed by atoms with Crippen LogP contribution in [0, 0.1) is 0 Å². The number of urea groups is 1. The minimum absolute atomic E-state index is 0.101. The summed E-state index contributed by atoms with van der Waals surface area (Å²) in [4.78, 5) is 25.7. The highest BCUT2D eigenvalue weighted by Gasteiger charge is 2.24. The predicted molar refractivity (Wildman–Crippen MR) is 70.6 cm³/mol. The van der Waals surface area contributed by atoms with Crippen molar-refractivity contribution in [2.75, 3.05) is 13.7 Å². The molecule has 4 N–H and O–H groups in total. The summed E-state index contributed by atoms with van der Waals surface area (Å²) in [5.74, 6) is -1.01. The highest BCUT2D eigenvalue weighted by atomic mass is 16.5. The largest absolute Gasteiger partial charge is 0.468 e. The van der Waals surface area contributed by atoms with Crippen LogP contribution in [-0.4, -0.2) is 30.6 Å². The first kappa shape index (κ1) is 12.9. The molecule has 2 aromatic rings. The van der Waals surface area contributed by atoms with Gasteiger partial charge >= 0.3 is 12.0 Å². The normalized spacial score (nSPS) is 12.1. The van der Waals surface area contributed by atoms with Crippen LogP contribution < -0.4 is 11.1 Å². The molecule has 0 spiro atoms. The van der Waals surface area contributed by atoms with Crippen molar-refractivity contribution in [2.45, 2.75) is 5.92 Å². The van der Waals surface area contributed by atoms with Crippen molar-refractivity contribution in [2.24, 2.45) is 5.73 Å². The van der Waals surface area contributed by atoms with Gasteiger partial charge in [-0.3, -0.25) is 4.79 Å². The molecule has 0 saturated heterocycles. The van der Waals surface area contributed by atoms with Gasteiger partial charge in [-0.15, -0.1) is 0 Å². The van der Waals surface area contributed by atoms with Crippen molar-refractivity contribution in [1.29, 1.82) is 0 Å². The summed E-state index contributed by atoms with van der Waals surface area (Å²) < 4.78 is 4.77. The van der Waals surface area contributed by atoms with E-state index < -0.39 is 17.9 Å². The van der Waals surface area contributed by atoms with Crippen molar-refractivity contribution < 1.29 is 14.3 Å². The molecule has 1 heterocycles. The summed E-state index contributed by atoms with van der Waals surface area (Å²) in [7, 11) is 1.31. The van der Waals surface area contributed by atoms with Gasteiger partial charge in [0.15, 0.2) is 0 Å². The topological polar surface area (TPSA) is 97.2 Å². The number of carbonyl (C=O) groups excluding carboxylic acids is 2. The number of H-pyrrole nitrogens is 1. The second kappa shape index (κ2) is 5.43. The smallest absolute Gasteiger partial charge is 0.315 e. The number of rotatable bonds is 4. The highest BCUT2D eigenvalue weighted by Crippen LogP contribution is 2.26. The zero-order chi connectivity index (χ0) is 13.8. The van der Waals surface area contributed by atoms with Crippen molar-refractivity contribution in [3.8, 4) is 0 Å². The fourth-order valence-electron chi connectivity index (χ4n) is 2.05. The minimum atomic E-state index is -0.672. The number of benzene rings is 1. The first-order valence-corrected chi connectivity index (χ1v) is 5.80. The van der Waals surface area contributed by atoms with E-state index in [4.69, 9.17) is 10.5 Å². The van der Waals surface area contributed by atoms with Gasteiger partial charge in [0, 0.05) is 23.6 Å². The quantitative estimate of drug-likeness (QED) is 0.719. The Morgan fingerprint density at radius 1 is 1.42 bits per heavy atom. The van der Waals surface area contributed by atoms with Crippen LogP contribution in [-0.2, 0) is 9.53 Å². The third-order valence-electron chi connectivity index (χ3n) is 2.96. The third-order valence-corrected chi connectivity index (χ3v) is 2.96. The lowest BCUT2D eigenvalue weighted by molar-refractivity contribution is -0.142. The Labute approximate surface area is 109 Å². The number of carbonyl (C=O) groups is 2. The number of fused-ring (bicyclic) bond motifs is 1. The standard InChI is InChI=1S/C13H15N3O3/c1-19-12(17)10(7-16-13(14)18)9-6-15-11-5-3-2-4-8(9)11/h2-6,10,15H,7H2,1H3,(H3,14,16,18). The number of aromatic amines is 1. The van der Waals surface area contributed by atoms with Gasteiger partial charge in [0.05, 0.1) is 7.11 Å². The number of amides is 2. The number of aromatic nitrogens is 1. The molecule has 0 bridgehead atoms. The number of para-hydroxylation sites is 1. The number of nitrogens with two attached hydrogens (primary N) is 1. The molecule has 100 valence electrons. The van der Waals surface area contributed by atoms with E-state index in [1.807, 2.05) is 24.3 Å². The van der Waals surface area contributed by atoms with E-state index >= 15 is 0 Å². The lowest BCUT2D eigenvalue weighted by Crippen LogP contribution is -2.35. The lowest BCUT2D eigenvalue weighted by Gasteiger charge is -2.14. The van der Waals surface area contributed by atoms with E-state index in [-0.39, 0.29) is 6.54 Å². The summed E-state index contributed by atoms with van der Waals surface area (Å²) >= 11 is 0. The maximum atomic E-state index is 11.8. The summed E-state index contributed by atoms with van der Waals surface area (Å²) in [6.45, 7) is 0.101. The SMILES string of the molecule is COC(=O)C(CNC(N)=O)c1c[nH]c2ccccc12. The van der Waals surface area contributed by atoms with E-state index in [1.165, 1.54) is 7.11 Å². The van der Waals surface area contributed by atoms with Gasteiger partial charge in [0.25, 0.3) is 0 Å². The Morgan fingerprint density at radius 2 is 2.16 bits per heavy atom. The molecule has 0 aliphatic rings. The molecule has 6 heteroatoms. The summed E-state index contributed by atoms with van der Waals surface area (Å²) in [6, 6.07) is 6.93. The summed E-state index contributed by atoms with van der Waals surface area (Å²) in [5, 5.41) is 3.36. The Morgan fingerprint density at radius 3 is 2.84 bits per heavy atom. The molecular weight excluding hydrogens is 246 g/mol. The van der Waals surface area contributed by atoms with E-state index in [2.05, 4.69) is 10.3 Å². The molecule has 0 saturated carbocycles. The van der Waals surface area contributed by atoms with E-state index in [0.717, 1.165) is 16.5 Å². The number of ether oxygens (including phenoxy) is 1. The van der Waals surface area contributed by atoms with Crippen LogP contribution in [0.4, 0.5) is 4.79 Å². The van der Waals surface area contributed by atoms with Crippen LogP contribution >= 0.6 is 0 Å². The van der Waals surface area contributed by atoms with Crippen LogP contribution in [0.1, 0.15) is 11.5 Å². The molecule has 1 unspecified atom stereocenters. The molecule has 0 fully saturated rings. The monoisotopic (exact) mass is 261 g/mol. The maximum Gasteiger partial charge on any atom is 0.315 e. The molecule has 2 amide bonds. The number of primary amides is 1. The minimum Gasteiger partial charge on any atom is -0.468 e. The molecule has 0 aliphatic heterocycles. The number of nitrogens with one attached hydrogen (secondary N) is 2. The molecule has 1 atom stereocenters. The number of esters is 1. The lowest BCUT2D eigenvalue weighted by atomic mass is 9.98. The second-order valence-corrected chi connectivity index (χ2v) is 4.11. The fourth-order valence-corrected chi connectivity index (χ4v) is 2.05. The van der Waals surface area contributed by atoms with Crippen molar-refractivity contribution >= 4 is 22.9 Å². The number of hydrogen-bond donors (Lipinski definition) is 3. The fraction of sp³-hybridized carbons (Fsp3) is 0.231. The number of hydrogen-bond acceptors (Lipinski definition) is 3. The van der Waals surface area contributed by atoms with Crippen LogP contribution in [0.15, 0.2) is 30.5 Å². The highest BCUT2D eigenvalue weighted by molar-refractivity contribution is 5.90. The Hall–Kier alpha value is -2.50. The van der Waals surface area contributed by atoms with Crippen LogP contribution in [0.5, 0.6) is 0 Å². The first-order chi connectivity index (χ1) is 9.13.